The van der Waals surface area contributed by atoms with Gasteiger partial charge in [0.2, 0.25) is 0 Å². The van der Waals surface area contributed by atoms with E-state index in [1.54, 1.807) is 0 Å². The van der Waals surface area contributed by atoms with Crippen molar-refractivity contribution in [3.8, 4) is 0 Å². The van der Waals surface area contributed by atoms with Crippen molar-refractivity contribution in [1.29, 1.82) is 0 Å². The molecule has 0 radical (unpaired) electrons. The molecular formula is C11H15N. The Labute approximate surface area is 73.6 Å². The van der Waals surface area contributed by atoms with E-state index < -0.39 is 0 Å². The van der Waals surface area contributed by atoms with E-state index in [4.69, 9.17) is 5.73 Å². The van der Waals surface area contributed by atoms with Gasteiger partial charge in [-0.05, 0) is 24.0 Å². The summed E-state index contributed by atoms with van der Waals surface area (Å²) in [7, 11) is 0. The fraction of sp³-hybridized carbons (Fsp3) is 0.455. The van der Waals surface area contributed by atoms with Gasteiger partial charge in [-0.1, -0.05) is 31.2 Å². The van der Waals surface area contributed by atoms with Gasteiger partial charge >= 0.3 is 0 Å². The van der Waals surface area contributed by atoms with Crippen LogP contribution in [0.3, 0.4) is 0 Å². The van der Waals surface area contributed by atoms with Gasteiger partial charge in [-0.15, -0.1) is 0 Å². The first-order valence-electron chi connectivity index (χ1n) is 4.65. The first-order chi connectivity index (χ1) is 5.81. The Morgan fingerprint density at radius 3 is 2.83 bits per heavy atom. The minimum absolute atomic E-state index is 0.428. The van der Waals surface area contributed by atoms with Crippen molar-refractivity contribution in [2.45, 2.75) is 31.7 Å². The van der Waals surface area contributed by atoms with Crippen LogP contribution in [-0.4, -0.2) is 6.04 Å². The van der Waals surface area contributed by atoms with E-state index in [9.17, 15) is 0 Å². The van der Waals surface area contributed by atoms with Gasteiger partial charge in [-0.2, -0.15) is 0 Å². The van der Waals surface area contributed by atoms with Crippen LogP contribution in [0.15, 0.2) is 24.3 Å². The summed E-state index contributed by atoms with van der Waals surface area (Å²) < 4.78 is 0. The van der Waals surface area contributed by atoms with E-state index in [2.05, 4.69) is 31.2 Å². The molecular weight excluding hydrogens is 146 g/mol. The molecule has 1 heteroatoms. The molecule has 12 heavy (non-hydrogen) atoms. The summed E-state index contributed by atoms with van der Waals surface area (Å²) in [4.78, 5) is 0. The van der Waals surface area contributed by atoms with Gasteiger partial charge in [0.15, 0.2) is 0 Å². The highest BCUT2D eigenvalue weighted by atomic mass is 14.7. The number of rotatable bonds is 2. The second-order valence-corrected chi connectivity index (χ2v) is 3.60. The van der Waals surface area contributed by atoms with Crippen molar-refractivity contribution in [1.82, 2.24) is 0 Å². The Bertz CT molecular complexity index is 280. The van der Waals surface area contributed by atoms with Crippen molar-refractivity contribution in [2.24, 2.45) is 5.73 Å². The standard InChI is InChI=1S/C11H15N/c1-2-8-4-3-5-9(6-8)10-7-11(10)12/h3-6,10-11H,2,7,12H2,1H3. The van der Waals surface area contributed by atoms with Crippen LogP contribution in [0.1, 0.15) is 30.4 Å². The molecule has 1 aliphatic carbocycles. The van der Waals surface area contributed by atoms with Crippen molar-refractivity contribution < 1.29 is 0 Å². The summed E-state index contributed by atoms with van der Waals surface area (Å²) in [6.07, 6.45) is 2.29. The fourth-order valence-corrected chi connectivity index (χ4v) is 1.64. The SMILES string of the molecule is CCc1cccc(C2CC2N)c1. The van der Waals surface area contributed by atoms with E-state index >= 15 is 0 Å². The van der Waals surface area contributed by atoms with E-state index in [-0.39, 0.29) is 0 Å². The molecule has 2 N–H and O–H groups in total. The monoisotopic (exact) mass is 161 g/mol. The van der Waals surface area contributed by atoms with Crippen LogP contribution in [0.2, 0.25) is 0 Å². The van der Waals surface area contributed by atoms with Crippen LogP contribution < -0.4 is 5.73 Å². The number of hydrogen-bond donors (Lipinski definition) is 1. The molecule has 0 aromatic heterocycles. The summed E-state index contributed by atoms with van der Waals surface area (Å²) >= 11 is 0. The summed E-state index contributed by atoms with van der Waals surface area (Å²) in [5.41, 5.74) is 8.65. The molecule has 0 heterocycles. The number of benzene rings is 1. The summed E-state index contributed by atoms with van der Waals surface area (Å²) in [5.74, 6) is 0.650. The lowest BCUT2D eigenvalue weighted by Gasteiger charge is -2.01. The van der Waals surface area contributed by atoms with Crippen LogP contribution in [-0.2, 0) is 6.42 Å². The maximum atomic E-state index is 5.79. The second-order valence-electron chi connectivity index (χ2n) is 3.60. The minimum Gasteiger partial charge on any atom is -0.327 e. The van der Waals surface area contributed by atoms with E-state index in [0.717, 1.165) is 6.42 Å². The highest BCUT2D eigenvalue weighted by Crippen LogP contribution is 2.38. The number of nitrogens with two attached hydrogens (primary N) is 1. The third-order valence-corrected chi connectivity index (χ3v) is 2.63. The average molecular weight is 161 g/mol. The molecule has 0 aliphatic heterocycles. The zero-order chi connectivity index (χ0) is 8.55. The third-order valence-electron chi connectivity index (χ3n) is 2.63. The molecule has 2 rings (SSSR count). The maximum absolute atomic E-state index is 5.79. The van der Waals surface area contributed by atoms with E-state index in [1.807, 2.05) is 0 Å². The molecule has 1 saturated carbocycles. The first-order valence-corrected chi connectivity index (χ1v) is 4.65. The second kappa shape index (κ2) is 2.91. The molecule has 2 atom stereocenters. The predicted molar refractivity (Wildman–Crippen MR) is 51.2 cm³/mol. The van der Waals surface area contributed by atoms with Gasteiger partial charge in [0, 0.05) is 12.0 Å². The Balaban J connectivity index is 2.21. The number of aryl methyl sites for hydroxylation is 1. The lowest BCUT2D eigenvalue weighted by atomic mass is 10.1. The Morgan fingerprint density at radius 2 is 2.25 bits per heavy atom. The van der Waals surface area contributed by atoms with Crippen molar-refractivity contribution in [3.05, 3.63) is 35.4 Å². The van der Waals surface area contributed by atoms with Crippen LogP contribution in [0.5, 0.6) is 0 Å². The molecule has 0 amide bonds. The lowest BCUT2D eigenvalue weighted by molar-refractivity contribution is 0.983. The van der Waals surface area contributed by atoms with Gasteiger partial charge in [0.25, 0.3) is 0 Å². The van der Waals surface area contributed by atoms with Gasteiger partial charge in [0.1, 0.15) is 0 Å². The molecule has 64 valence electrons. The molecule has 1 aliphatic rings. The first kappa shape index (κ1) is 7.81. The molecule has 0 saturated heterocycles. The molecule has 1 nitrogen and oxygen atoms in total. The zero-order valence-corrected chi connectivity index (χ0v) is 7.46. The topological polar surface area (TPSA) is 26.0 Å². The Kier molecular flexibility index (Phi) is 1.89. The predicted octanol–water partition coefficient (Wildman–Crippen LogP) is 2.06. The van der Waals surface area contributed by atoms with Gasteiger partial charge in [-0.25, -0.2) is 0 Å². The smallest absolute Gasteiger partial charge is 0.0115 e. The fourth-order valence-electron chi connectivity index (χ4n) is 1.64. The molecule has 1 fully saturated rings. The average Bonchev–Trinajstić information content (AvgIpc) is 2.83. The zero-order valence-electron chi connectivity index (χ0n) is 7.46. The normalized spacial score (nSPS) is 27.2. The van der Waals surface area contributed by atoms with Crippen LogP contribution in [0.4, 0.5) is 0 Å². The van der Waals surface area contributed by atoms with Crippen LogP contribution in [0, 0.1) is 0 Å². The van der Waals surface area contributed by atoms with E-state index in [0.29, 0.717) is 12.0 Å². The molecule has 2 unspecified atom stereocenters. The summed E-state index contributed by atoms with van der Waals surface area (Å²) in [6, 6.07) is 9.22. The largest absolute Gasteiger partial charge is 0.327 e. The van der Waals surface area contributed by atoms with E-state index in [1.165, 1.54) is 17.5 Å². The minimum atomic E-state index is 0.428. The third kappa shape index (κ3) is 1.37. The molecule has 1 aromatic rings. The molecule has 0 bridgehead atoms. The Hall–Kier alpha value is -0.820. The van der Waals surface area contributed by atoms with Gasteiger partial charge < -0.3 is 5.73 Å². The van der Waals surface area contributed by atoms with Gasteiger partial charge in [0.05, 0.1) is 0 Å². The Morgan fingerprint density at radius 1 is 1.50 bits per heavy atom. The highest BCUT2D eigenvalue weighted by Gasteiger charge is 2.34. The van der Waals surface area contributed by atoms with Crippen molar-refractivity contribution >= 4 is 0 Å². The molecule has 0 spiro atoms. The van der Waals surface area contributed by atoms with Crippen LogP contribution >= 0.6 is 0 Å². The maximum Gasteiger partial charge on any atom is 0.0115 e. The van der Waals surface area contributed by atoms with Crippen molar-refractivity contribution in [3.63, 3.8) is 0 Å². The van der Waals surface area contributed by atoms with Crippen LogP contribution in [0.25, 0.3) is 0 Å². The highest BCUT2D eigenvalue weighted by molar-refractivity contribution is 5.31. The van der Waals surface area contributed by atoms with Crippen molar-refractivity contribution in [2.75, 3.05) is 0 Å². The summed E-state index contributed by atoms with van der Waals surface area (Å²) in [6.45, 7) is 2.19. The number of hydrogen-bond acceptors (Lipinski definition) is 1. The summed E-state index contributed by atoms with van der Waals surface area (Å²) in [5, 5.41) is 0. The van der Waals surface area contributed by atoms with Gasteiger partial charge in [-0.3, -0.25) is 0 Å². The molecule has 1 aromatic carbocycles. The lowest BCUT2D eigenvalue weighted by Crippen LogP contribution is -2.01. The quantitative estimate of drug-likeness (QED) is 0.706.